The van der Waals surface area contributed by atoms with Gasteiger partial charge in [0.1, 0.15) is 0 Å². The molecule has 0 aliphatic carbocycles. The van der Waals surface area contributed by atoms with Gasteiger partial charge in [-0.3, -0.25) is 9.59 Å². The Bertz CT molecular complexity index is 711. The fraction of sp³-hybridized carbons (Fsp3) is 0.235. The summed E-state index contributed by atoms with van der Waals surface area (Å²) < 4.78 is 4.96. The number of ether oxygens (including phenoxy) is 1. The molecule has 1 aromatic heterocycles. The first-order chi connectivity index (χ1) is 11.2. The molecule has 23 heavy (non-hydrogen) atoms. The molecule has 0 spiro atoms. The summed E-state index contributed by atoms with van der Waals surface area (Å²) in [6.07, 6.45) is 2.95. The number of methoxy groups -OCH3 is 1. The largest absolute Gasteiger partial charge is 0.481 e. The van der Waals surface area contributed by atoms with Crippen LogP contribution in [0.2, 0.25) is 0 Å². The predicted molar refractivity (Wildman–Crippen MR) is 86.8 cm³/mol. The summed E-state index contributed by atoms with van der Waals surface area (Å²) >= 11 is 0. The number of nitrogens with one attached hydrogen (secondary N) is 1. The average molecular weight is 311 g/mol. The molecule has 2 heterocycles. The molecule has 1 N–H and O–H groups in total. The van der Waals surface area contributed by atoms with Gasteiger partial charge in [-0.05, 0) is 36.8 Å². The molecule has 1 saturated heterocycles. The molecule has 1 fully saturated rings. The minimum atomic E-state index is -0.245. The Morgan fingerprint density at radius 1 is 1.22 bits per heavy atom. The molecule has 6 heteroatoms. The maximum absolute atomic E-state index is 12.2. The Kier molecular flexibility index (Phi) is 4.23. The molecule has 2 amide bonds. The molecule has 0 atom stereocenters. The molecule has 1 aliphatic heterocycles. The van der Waals surface area contributed by atoms with Crippen LogP contribution in [0.4, 0.5) is 11.4 Å². The van der Waals surface area contributed by atoms with Crippen LogP contribution in [0.1, 0.15) is 23.2 Å². The van der Waals surface area contributed by atoms with E-state index in [2.05, 4.69) is 10.3 Å². The smallest absolute Gasteiger partial charge is 0.257 e. The zero-order valence-electron chi connectivity index (χ0n) is 12.8. The Labute approximate surface area is 134 Å². The summed E-state index contributed by atoms with van der Waals surface area (Å²) in [4.78, 5) is 29.6. The van der Waals surface area contributed by atoms with Gasteiger partial charge in [-0.1, -0.05) is 0 Å². The van der Waals surface area contributed by atoms with Gasteiger partial charge >= 0.3 is 0 Å². The van der Waals surface area contributed by atoms with E-state index in [9.17, 15) is 9.59 Å². The predicted octanol–water partition coefficient (Wildman–Crippen LogP) is 2.47. The van der Waals surface area contributed by atoms with Crippen molar-refractivity contribution in [2.24, 2.45) is 0 Å². The van der Waals surface area contributed by atoms with E-state index in [1.54, 1.807) is 29.2 Å². The minimum Gasteiger partial charge on any atom is -0.481 e. The van der Waals surface area contributed by atoms with E-state index in [4.69, 9.17) is 4.74 Å². The van der Waals surface area contributed by atoms with E-state index >= 15 is 0 Å². The third kappa shape index (κ3) is 3.31. The lowest BCUT2D eigenvalue weighted by Gasteiger charge is -2.16. The highest BCUT2D eigenvalue weighted by molar-refractivity contribution is 6.04. The molecular weight excluding hydrogens is 294 g/mol. The average Bonchev–Trinajstić information content (AvgIpc) is 3.01. The van der Waals surface area contributed by atoms with Crippen molar-refractivity contribution in [2.45, 2.75) is 12.8 Å². The number of amides is 2. The van der Waals surface area contributed by atoms with E-state index in [1.807, 2.05) is 12.1 Å². The third-order valence-corrected chi connectivity index (χ3v) is 3.72. The maximum Gasteiger partial charge on any atom is 0.257 e. The van der Waals surface area contributed by atoms with Gasteiger partial charge in [0.05, 0.1) is 12.7 Å². The number of pyridine rings is 1. The summed E-state index contributed by atoms with van der Waals surface area (Å²) in [5.41, 5.74) is 1.97. The maximum atomic E-state index is 12.2. The van der Waals surface area contributed by atoms with Crippen molar-refractivity contribution in [1.29, 1.82) is 0 Å². The van der Waals surface area contributed by atoms with Crippen LogP contribution in [0, 0.1) is 0 Å². The molecule has 0 bridgehead atoms. The number of carbonyl (C=O) groups is 2. The van der Waals surface area contributed by atoms with E-state index in [-0.39, 0.29) is 11.8 Å². The lowest BCUT2D eigenvalue weighted by atomic mass is 10.2. The first-order valence-corrected chi connectivity index (χ1v) is 7.39. The summed E-state index contributed by atoms with van der Waals surface area (Å²) in [5.74, 6) is 0.359. The van der Waals surface area contributed by atoms with E-state index in [0.29, 0.717) is 23.6 Å². The number of benzene rings is 1. The second-order valence-electron chi connectivity index (χ2n) is 5.24. The van der Waals surface area contributed by atoms with Crippen LogP contribution in [0.3, 0.4) is 0 Å². The molecule has 2 aromatic rings. The number of anilines is 2. The van der Waals surface area contributed by atoms with Gasteiger partial charge < -0.3 is 15.0 Å². The van der Waals surface area contributed by atoms with Crippen molar-refractivity contribution in [1.82, 2.24) is 4.98 Å². The van der Waals surface area contributed by atoms with Crippen LogP contribution in [0.5, 0.6) is 5.88 Å². The Hall–Kier alpha value is -2.89. The number of aromatic nitrogens is 1. The Balaban J connectivity index is 1.67. The SMILES string of the molecule is COc1ccc(C(=O)Nc2ccc(N3CCCC3=O)cc2)cn1. The van der Waals surface area contributed by atoms with Gasteiger partial charge in [0, 0.05) is 36.6 Å². The standard InChI is InChI=1S/C17H17N3O3/c1-23-15-9-4-12(11-18-15)17(22)19-13-5-7-14(8-6-13)20-10-2-3-16(20)21/h4-9,11H,2-3,10H2,1H3,(H,19,22). The highest BCUT2D eigenvalue weighted by Crippen LogP contribution is 2.23. The molecule has 0 radical (unpaired) electrons. The van der Waals surface area contributed by atoms with E-state index in [0.717, 1.165) is 18.7 Å². The van der Waals surface area contributed by atoms with Crippen LogP contribution in [-0.4, -0.2) is 30.5 Å². The fourth-order valence-electron chi connectivity index (χ4n) is 2.48. The van der Waals surface area contributed by atoms with Crippen molar-refractivity contribution >= 4 is 23.2 Å². The second kappa shape index (κ2) is 6.48. The third-order valence-electron chi connectivity index (χ3n) is 3.72. The lowest BCUT2D eigenvalue weighted by Crippen LogP contribution is -2.23. The van der Waals surface area contributed by atoms with Crippen LogP contribution >= 0.6 is 0 Å². The molecule has 0 unspecified atom stereocenters. The van der Waals surface area contributed by atoms with Crippen molar-refractivity contribution in [3.05, 3.63) is 48.2 Å². The molecular formula is C17H17N3O3. The molecule has 0 saturated carbocycles. The zero-order valence-corrected chi connectivity index (χ0v) is 12.8. The van der Waals surface area contributed by atoms with E-state index < -0.39 is 0 Å². The molecule has 1 aliphatic rings. The quantitative estimate of drug-likeness (QED) is 0.941. The van der Waals surface area contributed by atoms with Gasteiger partial charge in [-0.25, -0.2) is 4.98 Å². The van der Waals surface area contributed by atoms with Crippen LogP contribution in [0.15, 0.2) is 42.6 Å². The van der Waals surface area contributed by atoms with Gasteiger partial charge in [0.25, 0.3) is 5.91 Å². The highest BCUT2D eigenvalue weighted by Gasteiger charge is 2.21. The van der Waals surface area contributed by atoms with Crippen molar-refractivity contribution in [2.75, 3.05) is 23.9 Å². The van der Waals surface area contributed by atoms with Gasteiger partial charge in [-0.15, -0.1) is 0 Å². The van der Waals surface area contributed by atoms with E-state index in [1.165, 1.54) is 13.3 Å². The molecule has 1 aromatic carbocycles. The van der Waals surface area contributed by atoms with Crippen molar-refractivity contribution in [3.63, 3.8) is 0 Å². The Morgan fingerprint density at radius 3 is 2.57 bits per heavy atom. The van der Waals surface area contributed by atoms with Crippen molar-refractivity contribution in [3.8, 4) is 5.88 Å². The van der Waals surface area contributed by atoms with Gasteiger partial charge in [0.15, 0.2) is 0 Å². The van der Waals surface area contributed by atoms with Crippen molar-refractivity contribution < 1.29 is 14.3 Å². The first kappa shape index (κ1) is 15.0. The van der Waals surface area contributed by atoms with Crippen LogP contribution in [-0.2, 0) is 4.79 Å². The Morgan fingerprint density at radius 2 is 2.00 bits per heavy atom. The fourth-order valence-corrected chi connectivity index (χ4v) is 2.48. The van der Waals surface area contributed by atoms with Gasteiger partial charge in [0.2, 0.25) is 11.8 Å². The molecule has 3 rings (SSSR count). The summed E-state index contributed by atoms with van der Waals surface area (Å²) in [6, 6.07) is 10.5. The summed E-state index contributed by atoms with van der Waals surface area (Å²) in [6.45, 7) is 0.752. The highest BCUT2D eigenvalue weighted by atomic mass is 16.5. The molecule has 6 nitrogen and oxygen atoms in total. The number of carbonyl (C=O) groups excluding carboxylic acids is 2. The van der Waals surface area contributed by atoms with Crippen LogP contribution in [0.25, 0.3) is 0 Å². The lowest BCUT2D eigenvalue weighted by molar-refractivity contribution is -0.117. The number of hydrogen-bond acceptors (Lipinski definition) is 4. The van der Waals surface area contributed by atoms with Crippen LogP contribution < -0.4 is 15.0 Å². The number of nitrogens with zero attached hydrogens (tertiary/aromatic N) is 2. The monoisotopic (exact) mass is 311 g/mol. The number of hydrogen-bond donors (Lipinski definition) is 1. The molecule has 118 valence electrons. The topological polar surface area (TPSA) is 71.5 Å². The zero-order chi connectivity index (χ0) is 16.2. The number of rotatable bonds is 4. The van der Waals surface area contributed by atoms with Gasteiger partial charge in [-0.2, -0.15) is 0 Å². The second-order valence-corrected chi connectivity index (χ2v) is 5.24. The minimum absolute atomic E-state index is 0.145. The summed E-state index contributed by atoms with van der Waals surface area (Å²) in [7, 11) is 1.52. The normalized spacial score (nSPS) is 14.0. The first-order valence-electron chi connectivity index (χ1n) is 7.39. The summed E-state index contributed by atoms with van der Waals surface area (Å²) in [5, 5.41) is 2.80.